The highest BCUT2D eigenvalue weighted by molar-refractivity contribution is 5.91. The fourth-order valence-electron chi connectivity index (χ4n) is 3.47. The van der Waals surface area contributed by atoms with Crippen molar-refractivity contribution in [1.82, 2.24) is 0 Å². The zero-order valence-electron chi connectivity index (χ0n) is 15.8. The average Bonchev–Trinajstić information content (AvgIpc) is 3.16. The number of carbonyl (C=O) groups is 1. The minimum absolute atomic E-state index is 0.0299. The SMILES string of the molecule is O=C(CCN1CCc2ccccc21)Nc1ccc(OCc2ccccc2)cc1. The summed E-state index contributed by atoms with van der Waals surface area (Å²) < 4.78 is 5.78. The summed E-state index contributed by atoms with van der Waals surface area (Å²) in [5, 5.41) is 2.97. The van der Waals surface area contributed by atoms with Crippen LogP contribution in [-0.2, 0) is 17.8 Å². The molecule has 1 amide bonds. The van der Waals surface area contributed by atoms with Gasteiger partial charge in [-0.3, -0.25) is 4.79 Å². The van der Waals surface area contributed by atoms with Crippen LogP contribution in [0.2, 0.25) is 0 Å². The summed E-state index contributed by atoms with van der Waals surface area (Å²) in [6.45, 7) is 2.26. The van der Waals surface area contributed by atoms with Gasteiger partial charge in [-0.1, -0.05) is 48.5 Å². The Labute approximate surface area is 165 Å². The number of benzene rings is 3. The standard InChI is InChI=1S/C24H24N2O2/c27-24(15-17-26-16-14-20-8-4-5-9-23(20)26)25-21-10-12-22(13-11-21)28-18-19-6-2-1-3-7-19/h1-13H,14-18H2,(H,25,27). The van der Waals surface area contributed by atoms with E-state index in [1.54, 1.807) is 0 Å². The molecule has 0 fully saturated rings. The Hall–Kier alpha value is -3.27. The van der Waals surface area contributed by atoms with Gasteiger partial charge in [0.1, 0.15) is 12.4 Å². The van der Waals surface area contributed by atoms with E-state index in [0.717, 1.165) is 36.5 Å². The summed E-state index contributed by atoms with van der Waals surface area (Å²) in [5.41, 5.74) is 4.55. The molecule has 142 valence electrons. The van der Waals surface area contributed by atoms with Gasteiger partial charge in [-0.2, -0.15) is 0 Å². The van der Waals surface area contributed by atoms with Gasteiger partial charge >= 0.3 is 0 Å². The van der Waals surface area contributed by atoms with Crippen molar-refractivity contribution in [2.24, 2.45) is 0 Å². The second-order valence-electron chi connectivity index (χ2n) is 6.96. The van der Waals surface area contributed by atoms with E-state index in [1.165, 1.54) is 11.3 Å². The lowest BCUT2D eigenvalue weighted by molar-refractivity contribution is -0.116. The quantitative estimate of drug-likeness (QED) is 0.656. The van der Waals surface area contributed by atoms with Crippen LogP contribution < -0.4 is 15.0 Å². The largest absolute Gasteiger partial charge is 0.489 e. The van der Waals surface area contributed by atoms with Crippen LogP contribution in [0.5, 0.6) is 5.75 Å². The van der Waals surface area contributed by atoms with Crippen molar-refractivity contribution in [2.75, 3.05) is 23.3 Å². The number of nitrogens with zero attached hydrogens (tertiary/aromatic N) is 1. The molecule has 0 radical (unpaired) electrons. The highest BCUT2D eigenvalue weighted by atomic mass is 16.5. The maximum absolute atomic E-state index is 12.3. The van der Waals surface area contributed by atoms with Crippen LogP contribution >= 0.6 is 0 Å². The number of hydrogen-bond acceptors (Lipinski definition) is 3. The third-order valence-electron chi connectivity index (χ3n) is 4.98. The van der Waals surface area contributed by atoms with Gasteiger partial charge in [-0.05, 0) is 47.9 Å². The van der Waals surface area contributed by atoms with Crippen molar-refractivity contribution >= 4 is 17.3 Å². The minimum Gasteiger partial charge on any atom is -0.489 e. The highest BCUT2D eigenvalue weighted by Gasteiger charge is 2.18. The van der Waals surface area contributed by atoms with Gasteiger partial charge in [0.2, 0.25) is 5.91 Å². The third kappa shape index (κ3) is 4.52. The lowest BCUT2D eigenvalue weighted by Crippen LogP contribution is -2.26. The average molecular weight is 372 g/mol. The molecule has 1 N–H and O–H groups in total. The maximum Gasteiger partial charge on any atom is 0.226 e. The van der Waals surface area contributed by atoms with Gasteiger partial charge in [0.15, 0.2) is 0 Å². The lowest BCUT2D eigenvalue weighted by atomic mass is 10.2. The van der Waals surface area contributed by atoms with Crippen LogP contribution in [-0.4, -0.2) is 19.0 Å². The predicted molar refractivity (Wildman–Crippen MR) is 113 cm³/mol. The zero-order chi connectivity index (χ0) is 19.2. The van der Waals surface area contributed by atoms with Crippen molar-refractivity contribution in [3.63, 3.8) is 0 Å². The smallest absolute Gasteiger partial charge is 0.226 e. The number of para-hydroxylation sites is 1. The summed E-state index contributed by atoms with van der Waals surface area (Å²) in [5.74, 6) is 0.817. The molecule has 4 nitrogen and oxygen atoms in total. The summed E-state index contributed by atoms with van der Waals surface area (Å²) >= 11 is 0. The first-order chi connectivity index (χ1) is 13.8. The topological polar surface area (TPSA) is 41.6 Å². The number of rotatable bonds is 7. The molecule has 0 atom stereocenters. The molecule has 0 saturated heterocycles. The Kier molecular flexibility index (Phi) is 5.57. The van der Waals surface area contributed by atoms with Gasteiger partial charge in [-0.15, -0.1) is 0 Å². The van der Waals surface area contributed by atoms with Gasteiger partial charge < -0.3 is 15.0 Å². The monoisotopic (exact) mass is 372 g/mol. The van der Waals surface area contributed by atoms with E-state index in [4.69, 9.17) is 4.74 Å². The van der Waals surface area contributed by atoms with Crippen LogP contribution in [0.3, 0.4) is 0 Å². The Morgan fingerprint density at radius 1 is 0.929 bits per heavy atom. The molecule has 0 spiro atoms. The number of anilines is 2. The number of fused-ring (bicyclic) bond motifs is 1. The number of amides is 1. The van der Waals surface area contributed by atoms with Gasteiger partial charge in [0.25, 0.3) is 0 Å². The molecule has 4 heteroatoms. The first kappa shape index (κ1) is 18.1. The second kappa shape index (κ2) is 8.61. The van der Waals surface area contributed by atoms with Crippen LogP contribution in [0, 0.1) is 0 Å². The summed E-state index contributed by atoms with van der Waals surface area (Å²) in [4.78, 5) is 14.6. The molecule has 4 rings (SSSR count). The van der Waals surface area contributed by atoms with Gasteiger partial charge in [0, 0.05) is 30.9 Å². The molecule has 0 aromatic heterocycles. The third-order valence-corrected chi connectivity index (χ3v) is 4.98. The van der Waals surface area contributed by atoms with Crippen molar-refractivity contribution < 1.29 is 9.53 Å². The molecule has 1 heterocycles. The van der Waals surface area contributed by atoms with E-state index >= 15 is 0 Å². The van der Waals surface area contributed by atoms with Crippen molar-refractivity contribution in [3.8, 4) is 5.75 Å². The molecular formula is C24H24N2O2. The van der Waals surface area contributed by atoms with Crippen LogP contribution in [0.1, 0.15) is 17.5 Å². The Bertz CT molecular complexity index is 923. The molecule has 0 unspecified atom stereocenters. The molecule has 0 saturated carbocycles. The number of carbonyl (C=O) groups excluding carboxylic acids is 1. The molecule has 0 bridgehead atoms. The summed E-state index contributed by atoms with van der Waals surface area (Å²) in [6, 6.07) is 26.0. The first-order valence-electron chi connectivity index (χ1n) is 9.67. The van der Waals surface area contributed by atoms with Crippen LogP contribution in [0.4, 0.5) is 11.4 Å². The Morgan fingerprint density at radius 2 is 1.68 bits per heavy atom. The fourth-order valence-corrected chi connectivity index (χ4v) is 3.47. The molecule has 3 aromatic carbocycles. The molecular weight excluding hydrogens is 348 g/mol. The molecule has 28 heavy (non-hydrogen) atoms. The zero-order valence-corrected chi connectivity index (χ0v) is 15.8. The number of ether oxygens (including phenoxy) is 1. The summed E-state index contributed by atoms with van der Waals surface area (Å²) in [6.07, 6.45) is 1.53. The van der Waals surface area contributed by atoms with E-state index < -0.39 is 0 Å². The van der Waals surface area contributed by atoms with Crippen LogP contribution in [0.25, 0.3) is 0 Å². The highest BCUT2D eigenvalue weighted by Crippen LogP contribution is 2.27. The Balaban J connectivity index is 1.24. The van der Waals surface area contributed by atoms with E-state index in [0.29, 0.717) is 13.0 Å². The molecule has 0 aliphatic carbocycles. The predicted octanol–water partition coefficient (Wildman–Crippen LogP) is 4.66. The molecule has 3 aromatic rings. The van der Waals surface area contributed by atoms with Gasteiger partial charge in [-0.25, -0.2) is 0 Å². The van der Waals surface area contributed by atoms with E-state index in [-0.39, 0.29) is 5.91 Å². The number of nitrogens with one attached hydrogen (secondary N) is 1. The molecule has 1 aliphatic rings. The first-order valence-corrected chi connectivity index (χ1v) is 9.67. The maximum atomic E-state index is 12.3. The van der Waals surface area contributed by atoms with Gasteiger partial charge in [0.05, 0.1) is 0 Å². The fraction of sp³-hybridized carbons (Fsp3) is 0.208. The van der Waals surface area contributed by atoms with E-state index in [1.807, 2.05) is 54.6 Å². The Morgan fingerprint density at radius 3 is 2.50 bits per heavy atom. The second-order valence-corrected chi connectivity index (χ2v) is 6.96. The van der Waals surface area contributed by atoms with Crippen LogP contribution in [0.15, 0.2) is 78.9 Å². The van der Waals surface area contributed by atoms with E-state index in [9.17, 15) is 4.79 Å². The van der Waals surface area contributed by atoms with Crippen molar-refractivity contribution in [2.45, 2.75) is 19.4 Å². The van der Waals surface area contributed by atoms with Crippen molar-refractivity contribution in [1.29, 1.82) is 0 Å². The molecule has 1 aliphatic heterocycles. The summed E-state index contributed by atoms with van der Waals surface area (Å²) in [7, 11) is 0. The minimum atomic E-state index is 0.0299. The lowest BCUT2D eigenvalue weighted by Gasteiger charge is -2.19. The van der Waals surface area contributed by atoms with E-state index in [2.05, 4.69) is 34.5 Å². The van der Waals surface area contributed by atoms with Crippen molar-refractivity contribution in [3.05, 3.63) is 90.0 Å². The normalized spacial score (nSPS) is 12.5. The number of hydrogen-bond donors (Lipinski definition) is 1.